The minimum absolute atomic E-state index is 0.156. The average molecular weight is 518 g/mol. The van der Waals surface area contributed by atoms with Crippen LogP contribution in [-0.2, 0) is 22.7 Å². The Hall–Kier alpha value is -3.79. The van der Waals surface area contributed by atoms with Crippen molar-refractivity contribution in [2.45, 2.75) is 38.6 Å². The molecule has 2 aromatic carbocycles. The van der Waals surface area contributed by atoms with E-state index in [1.54, 1.807) is 35.0 Å². The van der Waals surface area contributed by atoms with E-state index in [0.29, 0.717) is 16.5 Å². The van der Waals surface area contributed by atoms with Crippen LogP contribution in [0.25, 0.3) is 10.9 Å². The Morgan fingerprint density at radius 3 is 2.61 bits per heavy atom. The molecule has 8 nitrogen and oxygen atoms in total. The number of benzene rings is 2. The lowest BCUT2D eigenvalue weighted by molar-refractivity contribution is -0.139. The number of aromatic carboxylic acids is 1. The van der Waals surface area contributed by atoms with E-state index in [0.717, 1.165) is 17.0 Å². The Balaban J connectivity index is 1.51. The van der Waals surface area contributed by atoms with Gasteiger partial charge >= 0.3 is 5.97 Å². The number of alkyl halides is 1. The Kier molecular flexibility index (Phi) is 7.07. The van der Waals surface area contributed by atoms with Crippen LogP contribution in [0.4, 0.5) is 8.78 Å². The molecule has 36 heavy (non-hydrogen) atoms. The number of hydrogen-bond acceptors (Lipinski definition) is 4. The van der Waals surface area contributed by atoms with Crippen LogP contribution in [0.2, 0.25) is 5.02 Å². The van der Waals surface area contributed by atoms with Crippen LogP contribution < -0.4 is 5.32 Å². The van der Waals surface area contributed by atoms with Gasteiger partial charge in [0.1, 0.15) is 24.6 Å². The Morgan fingerprint density at radius 1 is 1.19 bits per heavy atom. The number of nitrogens with zero attached hydrogens (tertiary/aromatic N) is 2. The van der Waals surface area contributed by atoms with E-state index in [1.807, 2.05) is 0 Å². The number of Topliss-reactive ketones (excluding diaryl/α,β-unsaturated/α-hetero) is 1. The summed E-state index contributed by atoms with van der Waals surface area (Å²) in [5.74, 6) is -3.60. The highest BCUT2D eigenvalue weighted by Crippen LogP contribution is 2.25. The normalized spacial score (nSPS) is 17.4. The van der Waals surface area contributed by atoms with Crippen molar-refractivity contribution < 1.29 is 33.1 Å². The lowest BCUT2D eigenvalue weighted by atomic mass is 10.1. The lowest BCUT2D eigenvalue weighted by Gasteiger charge is -2.24. The summed E-state index contributed by atoms with van der Waals surface area (Å²) in [6, 6.07) is 7.93. The number of carbonyl (C=O) groups is 4. The van der Waals surface area contributed by atoms with Crippen LogP contribution in [-0.4, -0.2) is 56.9 Å². The third kappa shape index (κ3) is 4.94. The smallest absolute Gasteiger partial charge is 0.335 e. The second kappa shape index (κ2) is 10.1. The summed E-state index contributed by atoms with van der Waals surface area (Å²) in [6.07, 6.45) is -0.105. The number of amides is 2. The van der Waals surface area contributed by atoms with Gasteiger partial charge in [0, 0.05) is 41.2 Å². The quantitative estimate of drug-likeness (QED) is 0.466. The van der Waals surface area contributed by atoms with Gasteiger partial charge in [-0.3, -0.25) is 14.4 Å². The van der Waals surface area contributed by atoms with Gasteiger partial charge in [0.2, 0.25) is 11.8 Å². The van der Waals surface area contributed by atoms with Crippen LogP contribution in [0.1, 0.15) is 39.6 Å². The highest BCUT2D eigenvalue weighted by Gasteiger charge is 2.39. The molecule has 2 N–H and O–H groups in total. The maximum Gasteiger partial charge on any atom is 0.335 e. The second-order valence-electron chi connectivity index (χ2n) is 8.59. The zero-order valence-corrected chi connectivity index (χ0v) is 19.9. The van der Waals surface area contributed by atoms with Gasteiger partial charge in [0.15, 0.2) is 5.78 Å². The SMILES string of the molecule is CC(=O)c1cn(CC(=O)N2C[C@H](F)C[C@H]2C(=O)NCc2cc(C(=O)O)cc(Cl)c2F)c2ccccc12. The lowest BCUT2D eigenvalue weighted by Crippen LogP contribution is -2.46. The van der Waals surface area contributed by atoms with Crippen molar-refractivity contribution >= 4 is 46.1 Å². The molecule has 0 aliphatic carbocycles. The molecule has 1 aromatic heterocycles. The minimum atomic E-state index is -1.43. The maximum atomic E-state index is 14.3. The van der Waals surface area contributed by atoms with Gasteiger partial charge < -0.3 is 19.9 Å². The summed E-state index contributed by atoms with van der Waals surface area (Å²) < 4.78 is 30.2. The first kappa shape index (κ1) is 25.3. The summed E-state index contributed by atoms with van der Waals surface area (Å²) in [5, 5.41) is 11.9. The topological polar surface area (TPSA) is 109 Å². The first-order valence-electron chi connectivity index (χ1n) is 11.1. The summed E-state index contributed by atoms with van der Waals surface area (Å²) in [6.45, 7) is 0.523. The van der Waals surface area contributed by atoms with E-state index in [1.165, 1.54) is 6.92 Å². The number of carboxylic acids is 1. The fourth-order valence-electron chi connectivity index (χ4n) is 4.40. The largest absolute Gasteiger partial charge is 0.478 e. The van der Waals surface area contributed by atoms with E-state index in [4.69, 9.17) is 16.7 Å². The molecule has 188 valence electrons. The number of carboxylic acid groups (broad SMARTS) is 1. The van der Waals surface area contributed by atoms with Gasteiger partial charge in [-0.1, -0.05) is 29.8 Å². The average Bonchev–Trinajstić information content (AvgIpc) is 3.40. The van der Waals surface area contributed by atoms with E-state index in [-0.39, 0.29) is 36.4 Å². The predicted octanol–water partition coefficient (Wildman–Crippen LogP) is 3.59. The van der Waals surface area contributed by atoms with Crippen molar-refractivity contribution in [2.24, 2.45) is 0 Å². The third-order valence-electron chi connectivity index (χ3n) is 6.15. The number of ketones is 1. The van der Waals surface area contributed by atoms with Crippen molar-refractivity contribution in [1.29, 1.82) is 0 Å². The van der Waals surface area contributed by atoms with E-state index >= 15 is 0 Å². The van der Waals surface area contributed by atoms with Crippen molar-refractivity contribution in [3.05, 3.63) is 70.1 Å². The number of rotatable bonds is 7. The molecule has 11 heteroatoms. The highest BCUT2D eigenvalue weighted by molar-refractivity contribution is 6.31. The predicted molar refractivity (Wildman–Crippen MR) is 127 cm³/mol. The van der Waals surface area contributed by atoms with Crippen LogP contribution in [0.3, 0.4) is 0 Å². The fourth-order valence-corrected chi connectivity index (χ4v) is 4.64. The molecule has 1 aliphatic heterocycles. The molecule has 2 atom stereocenters. The van der Waals surface area contributed by atoms with Gasteiger partial charge in [-0.15, -0.1) is 0 Å². The van der Waals surface area contributed by atoms with Crippen LogP contribution in [0, 0.1) is 5.82 Å². The fraction of sp³-hybridized carbons (Fsp3) is 0.280. The molecule has 4 rings (SSSR count). The molecule has 2 amide bonds. The molecule has 1 saturated heterocycles. The third-order valence-corrected chi connectivity index (χ3v) is 6.43. The molecule has 1 aliphatic rings. The number of aromatic nitrogens is 1. The number of fused-ring (bicyclic) bond motifs is 1. The Labute approximate surface area is 209 Å². The van der Waals surface area contributed by atoms with Crippen LogP contribution in [0.15, 0.2) is 42.6 Å². The van der Waals surface area contributed by atoms with E-state index < -0.39 is 47.4 Å². The Bertz CT molecular complexity index is 1390. The molecule has 0 bridgehead atoms. The van der Waals surface area contributed by atoms with Crippen molar-refractivity contribution in [2.75, 3.05) is 6.54 Å². The molecule has 3 aromatic rings. The molecular weight excluding hydrogens is 496 g/mol. The molecule has 1 fully saturated rings. The van der Waals surface area contributed by atoms with E-state index in [2.05, 4.69) is 5.32 Å². The van der Waals surface area contributed by atoms with Gasteiger partial charge in [0.05, 0.1) is 17.1 Å². The summed E-state index contributed by atoms with van der Waals surface area (Å²) in [5.41, 5.74) is 0.688. The first-order valence-corrected chi connectivity index (χ1v) is 11.5. The number of halogens is 3. The minimum Gasteiger partial charge on any atom is -0.478 e. The van der Waals surface area contributed by atoms with Crippen LogP contribution >= 0.6 is 11.6 Å². The van der Waals surface area contributed by atoms with Gasteiger partial charge in [-0.05, 0) is 25.1 Å². The number of hydrogen-bond donors (Lipinski definition) is 2. The highest BCUT2D eigenvalue weighted by atomic mass is 35.5. The molecule has 0 spiro atoms. The standard InChI is InChI=1S/C25H22ClF2N3O5/c1-13(32)18-11-30(20-5-3-2-4-17(18)20)12-22(33)31-10-16(27)8-21(31)24(34)29-9-15-6-14(25(35)36)7-19(26)23(15)28/h2-7,11,16,21H,8-10,12H2,1H3,(H,29,34)(H,35,36)/t16-,21+/m1/s1. The monoisotopic (exact) mass is 517 g/mol. The Morgan fingerprint density at radius 2 is 1.92 bits per heavy atom. The van der Waals surface area contributed by atoms with Crippen LogP contribution in [0.5, 0.6) is 0 Å². The molecule has 0 saturated carbocycles. The van der Waals surface area contributed by atoms with Gasteiger partial charge in [-0.2, -0.15) is 0 Å². The molecular formula is C25H22ClF2N3O5. The molecule has 0 unspecified atom stereocenters. The number of nitrogens with one attached hydrogen (secondary N) is 1. The summed E-state index contributed by atoms with van der Waals surface area (Å²) >= 11 is 5.75. The van der Waals surface area contributed by atoms with E-state index in [9.17, 15) is 28.0 Å². The molecule has 2 heterocycles. The first-order chi connectivity index (χ1) is 17.1. The van der Waals surface area contributed by atoms with Crippen molar-refractivity contribution in [3.8, 4) is 0 Å². The summed E-state index contributed by atoms with van der Waals surface area (Å²) in [7, 11) is 0. The van der Waals surface area contributed by atoms with Crippen molar-refractivity contribution in [3.63, 3.8) is 0 Å². The zero-order chi connectivity index (χ0) is 26.1. The van der Waals surface area contributed by atoms with Gasteiger partial charge in [-0.25, -0.2) is 13.6 Å². The summed E-state index contributed by atoms with van der Waals surface area (Å²) in [4.78, 5) is 50.3. The maximum absolute atomic E-state index is 14.3. The number of para-hydroxylation sites is 1. The second-order valence-corrected chi connectivity index (χ2v) is 9.00. The number of likely N-dealkylation sites (tertiary alicyclic amines) is 1. The zero-order valence-electron chi connectivity index (χ0n) is 19.1. The van der Waals surface area contributed by atoms with Gasteiger partial charge in [0.25, 0.3) is 0 Å². The van der Waals surface area contributed by atoms with Crippen molar-refractivity contribution in [1.82, 2.24) is 14.8 Å². The molecule has 0 radical (unpaired) electrons. The number of carbonyl (C=O) groups excluding carboxylic acids is 3.